The Morgan fingerprint density at radius 2 is 2.08 bits per heavy atom. The predicted molar refractivity (Wildman–Crippen MR) is 46.8 cm³/mol. The molecule has 0 aliphatic carbocycles. The van der Waals surface area contributed by atoms with Gasteiger partial charge >= 0.3 is 0 Å². The first-order valence-corrected chi connectivity index (χ1v) is 4.54. The highest BCUT2D eigenvalue weighted by molar-refractivity contribution is 5.79. The van der Waals surface area contributed by atoms with Crippen molar-refractivity contribution in [1.82, 2.24) is 9.80 Å². The van der Waals surface area contributed by atoms with Crippen molar-refractivity contribution in [2.75, 3.05) is 33.7 Å². The molecule has 68 valence electrons. The van der Waals surface area contributed by atoms with E-state index < -0.39 is 0 Å². The Hall–Kier alpha value is -0.570. The molecule has 3 heteroatoms. The standard InChI is InChI=1S/C9H16N2O/c1-10-4-3-9(6-10)5-8(12)11(2)7-9/h3-7H2,1-2H3. The Labute approximate surface area is 73.3 Å². The van der Waals surface area contributed by atoms with Crippen molar-refractivity contribution in [2.45, 2.75) is 12.8 Å². The van der Waals surface area contributed by atoms with Gasteiger partial charge in [-0.15, -0.1) is 0 Å². The molecule has 1 amide bonds. The van der Waals surface area contributed by atoms with Gasteiger partial charge in [-0.2, -0.15) is 0 Å². The molecule has 2 aliphatic rings. The predicted octanol–water partition coefficient (Wildman–Crippen LogP) is 0.170. The van der Waals surface area contributed by atoms with Crippen LogP contribution in [0.15, 0.2) is 0 Å². The number of carbonyl (C=O) groups is 1. The van der Waals surface area contributed by atoms with Crippen molar-refractivity contribution < 1.29 is 4.79 Å². The second-order valence-corrected chi connectivity index (χ2v) is 4.41. The lowest BCUT2D eigenvalue weighted by molar-refractivity contribution is -0.126. The maximum atomic E-state index is 11.3. The van der Waals surface area contributed by atoms with E-state index in [0.717, 1.165) is 26.1 Å². The molecule has 2 aliphatic heterocycles. The fourth-order valence-electron chi connectivity index (χ4n) is 2.54. The maximum absolute atomic E-state index is 11.3. The van der Waals surface area contributed by atoms with Crippen LogP contribution >= 0.6 is 0 Å². The number of hydrogen-bond donors (Lipinski definition) is 0. The maximum Gasteiger partial charge on any atom is 0.223 e. The molecule has 1 spiro atoms. The lowest BCUT2D eigenvalue weighted by atomic mass is 9.86. The molecule has 2 heterocycles. The molecule has 2 rings (SSSR count). The van der Waals surface area contributed by atoms with E-state index in [1.807, 2.05) is 11.9 Å². The Bertz CT molecular complexity index is 217. The van der Waals surface area contributed by atoms with Gasteiger partial charge in [0.15, 0.2) is 0 Å². The molecule has 0 aromatic rings. The van der Waals surface area contributed by atoms with Crippen LogP contribution in [0, 0.1) is 5.41 Å². The van der Waals surface area contributed by atoms with E-state index in [1.165, 1.54) is 6.42 Å². The lowest BCUT2D eigenvalue weighted by Crippen LogP contribution is -2.28. The summed E-state index contributed by atoms with van der Waals surface area (Å²) in [6.45, 7) is 3.22. The number of amides is 1. The molecule has 0 bridgehead atoms. The van der Waals surface area contributed by atoms with E-state index in [-0.39, 0.29) is 0 Å². The Balaban J connectivity index is 2.10. The van der Waals surface area contributed by atoms with E-state index in [2.05, 4.69) is 11.9 Å². The second kappa shape index (κ2) is 2.46. The number of hydrogen-bond acceptors (Lipinski definition) is 2. The SMILES string of the molecule is CN1CCC2(CC(=O)N(C)C2)C1. The van der Waals surface area contributed by atoms with Gasteiger partial charge in [-0.05, 0) is 20.0 Å². The van der Waals surface area contributed by atoms with Crippen LogP contribution < -0.4 is 0 Å². The number of rotatable bonds is 0. The van der Waals surface area contributed by atoms with Crippen molar-refractivity contribution in [3.63, 3.8) is 0 Å². The minimum atomic E-state index is 0.306. The van der Waals surface area contributed by atoms with Crippen LogP contribution in [-0.2, 0) is 4.79 Å². The highest BCUT2D eigenvalue weighted by atomic mass is 16.2. The fraction of sp³-hybridized carbons (Fsp3) is 0.889. The summed E-state index contributed by atoms with van der Waals surface area (Å²) in [4.78, 5) is 15.5. The van der Waals surface area contributed by atoms with Gasteiger partial charge in [0.25, 0.3) is 0 Å². The average molecular weight is 168 g/mol. The molecule has 2 saturated heterocycles. The van der Waals surface area contributed by atoms with Gasteiger partial charge in [0, 0.05) is 32.0 Å². The van der Waals surface area contributed by atoms with Crippen LogP contribution in [-0.4, -0.2) is 49.4 Å². The molecule has 0 radical (unpaired) electrons. The highest BCUT2D eigenvalue weighted by Crippen LogP contribution is 2.38. The van der Waals surface area contributed by atoms with E-state index in [0.29, 0.717) is 11.3 Å². The molecular weight excluding hydrogens is 152 g/mol. The van der Waals surface area contributed by atoms with Gasteiger partial charge in [-0.25, -0.2) is 0 Å². The third kappa shape index (κ3) is 1.12. The van der Waals surface area contributed by atoms with Crippen LogP contribution in [0.2, 0.25) is 0 Å². The number of carbonyl (C=O) groups excluding carboxylic acids is 1. The van der Waals surface area contributed by atoms with E-state index in [1.54, 1.807) is 0 Å². The first kappa shape index (κ1) is 8.05. The van der Waals surface area contributed by atoms with Crippen molar-refractivity contribution in [3.8, 4) is 0 Å². The zero-order chi connectivity index (χ0) is 8.77. The molecule has 2 fully saturated rings. The van der Waals surface area contributed by atoms with Crippen LogP contribution in [0.25, 0.3) is 0 Å². The molecule has 0 N–H and O–H groups in total. The van der Waals surface area contributed by atoms with E-state index >= 15 is 0 Å². The Morgan fingerprint density at radius 1 is 1.33 bits per heavy atom. The second-order valence-electron chi connectivity index (χ2n) is 4.41. The number of nitrogens with zero attached hydrogens (tertiary/aromatic N) is 2. The monoisotopic (exact) mass is 168 g/mol. The van der Waals surface area contributed by atoms with Crippen molar-refractivity contribution in [3.05, 3.63) is 0 Å². The quantitative estimate of drug-likeness (QED) is 0.515. The molecular formula is C9H16N2O. The summed E-state index contributed by atoms with van der Waals surface area (Å²) in [5.74, 6) is 0.324. The summed E-state index contributed by atoms with van der Waals surface area (Å²) in [6, 6.07) is 0. The summed E-state index contributed by atoms with van der Waals surface area (Å²) in [6.07, 6.45) is 1.97. The molecule has 0 saturated carbocycles. The fourth-order valence-corrected chi connectivity index (χ4v) is 2.54. The van der Waals surface area contributed by atoms with E-state index in [9.17, 15) is 4.79 Å². The first-order valence-electron chi connectivity index (χ1n) is 4.54. The van der Waals surface area contributed by atoms with Gasteiger partial charge < -0.3 is 9.80 Å². The van der Waals surface area contributed by atoms with E-state index in [4.69, 9.17) is 0 Å². The minimum absolute atomic E-state index is 0.306. The van der Waals surface area contributed by atoms with Crippen molar-refractivity contribution in [2.24, 2.45) is 5.41 Å². The van der Waals surface area contributed by atoms with Crippen molar-refractivity contribution in [1.29, 1.82) is 0 Å². The van der Waals surface area contributed by atoms with Gasteiger partial charge in [0.1, 0.15) is 0 Å². The summed E-state index contributed by atoms with van der Waals surface area (Å²) in [7, 11) is 4.05. The summed E-state index contributed by atoms with van der Waals surface area (Å²) in [5, 5.41) is 0. The molecule has 12 heavy (non-hydrogen) atoms. The van der Waals surface area contributed by atoms with Crippen molar-refractivity contribution >= 4 is 5.91 Å². The third-order valence-corrected chi connectivity index (χ3v) is 3.15. The summed E-state index contributed by atoms with van der Waals surface area (Å²) >= 11 is 0. The Kier molecular flexibility index (Phi) is 1.65. The van der Waals surface area contributed by atoms with Gasteiger partial charge in [-0.3, -0.25) is 4.79 Å². The Morgan fingerprint density at radius 3 is 2.50 bits per heavy atom. The third-order valence-electron chi connectivity index (χ3n) is 3.15. The topological polar surface area (TPSA) is 23.6 Å². The molecule has 1 unspecified atom stereocenters. The lowest BCUT2D eigenvalue weighted by Gasteiger charge is -2.21. The van der Waals surface area contributed by atoms with Gasteiger partial charge in [0.05, 0.1) is 0 Å². The normalized spacial score (nSPS) is 37.2. The van der Waals surface area contributed by atoms with Crippen LogP contribution in [0.5, 0.6) is 0 Å². The average Bonchev–Trinajstić information content (AvgIpc) is 2.42. The highest BCUT2D eigenvalue weighted by Gasteiger charge is 2.45. The van der Waals surface area contributed by atoms with Crippen LogP contribution in [0.3, 0.4) is 0 Å². The number of likely N-dealkylation sites (tertiary alicyclic amines) is 2. The largest absolute Gasteiger partial charge is 0.345 e. The van der Waals surface area contributed by atoms with Gasteiger partial charge in [0.2, 0.25) is 5.91 Å². The smallest absolute Gasteiger partial charge is 0.223 e. The van der Waals surface area contributed by atoms with Crippen LogP contribution in [0.4, 0.5) is 0 Å². The summed E-state index contributed by atoms with van der Waals surface area (Å²) in [5.41, 5.74) is 0.306. The summed E-state index contributed by atoms with van der Waals surface area (Å²) < 4.78 is 0. The molecule has 3 nitrogen and oxygen atoms in total. The molecule has 1 atom stereocenters. The first-order chi connectivity index (χ1) is 5.61. The minimum Gasteiger partial charge on any atom is -0.345 e. The zero-order valence-electron chi connectivity index (χ0n) is 7.84. The molecule has 0 aromatic carbocycles. The zero-order valence-corrected chi connectivity index (χ0v) is 7.84. The molecule has 0 aromatic heterocycles. The van der Waals surface area contributed by atoms with Gasteiger partial charge in [-0.1, -0.05) is 0 Å². The van der Waals surface area contributed by atoms with Crippen LogP contribution in [0.1, 0.15) is 12.8 Å².